The Labute approximate surface area is 126 Å². The molecule has 0 aliphatic rings. The first-order valence-electron chi connectivity index (χ1n) is 6.66. The predicted octanol–water partition coefficient (Wildman–Crippen LogP) is 4.85. The van der Waals surface area contributed by atoms with Crippen LogP contribution in [0.1, 0.15) is 30.5 Å². The number of benzene rings is 2. The van der Waals surface area contributed by atoms with Crippen LogP contribution in [0.4, 0.5) is 13.2 Å². The highest BCUT2D eigenvalue weighted by atomic mass is 35.5. The standard InChI is InChI=1S/C16H15ClF3N/c1-2-7-21-16(10-5-3-4-6-13(10)18)11-8-14(19)15(20)9-12(11)17/h3-6,8-9,16,21H,2,7H2,1H3. The van der Waals surface area contributed by atoms with Gasteiger partial charge in [-0.25, -0.2) is 13.2 Å². The second-order valence-electron chi connectivity index (χ2n) is 4.70. The van der Waals surface area contributed by atoms with E-state index in [1.165, 1.54) is 6.07 Å². The van der Waals surface area contributed by atoms with Gasteiger partial charge in [-0.15, -0.1) is 0 Å². The van der Waals surface area contributed by atoms with Gasteiger partial charge in [0.1, 0.15) is 5.82 Å². The summed E-state index contributed by atoms with van der Waals surface area (Å²) in [6.45, 7) is 2.55. The van der Waals surface area contributed by atoms with E-state index in [0.29, 0.717) is 17.7 Å². The monoisotopic (exact) mass is 313 g/mol. The molecule has 2 rings (SSSR count). The molecule has 2 aromatic rings. The van der Waals surface area contributed by atoms with Crippen molar-refractivity contribution in [3.63, 3.8) is 0 Å². The lowest BCUT2D eigenvalue weighted by molar-refractivity contribution is 0.500. The zero-order valence-corrected chi connectivity index (χ0v) is 12.2. The van der Waals surface area contributed by atoms with Gasteiger partial charge in [-0.3, -0.25) is 0 Å². The van der Waals surface area contributed by atoms with Gasteiger partial charge < -0.3 is 5.32 Å². The fourth-order valence-electron chi connectivity index (χ4n) is 2.14. The third-order valence-electron chi connectivity index (χ3n) is 3.17. The Balaban J connectivity index is 2.51. The van der Waals surface area contributed by atoms with E-state index in [2.05, 4.69) is 5.32 Å². The molecule has 0 saturated carbocycles. The average Bonchev–Trinajstić information content (AvgIpc) is 2.46. The summed E-state index contributed by atoms with van der Waals surface area (Å²) in [5.41, 5.74) is 0.660. The van der Waals surface area contributed by atoms with E-state index >= 15 is 0 Å². The first kappa shape index (κ1) is 15.9. The normalized spacial score (nSPS) is 12.4. The van der Waals surface area contributed by atoms with Gasteiger partial charge in [0.05, 0.1) is 6.04 Å². The third-order valence-corrected chi connectivity index (χ3v) is 3.49. The Morgan fingerprint density at radius 1 is 1.00 bits per heavy atom. The lowest BCUT2D eigenvalue weighted by Gasteiger charge is -2.21. The van der Waals surface area contributed by atoms with E-state index in [0.717, 1.165) is 18.6 Å². The molecule has 0 heterocycles. The van der Waals surface area contributed by atoms with Crippen LogP contribution in [0.25, 0.3) is 0 Å². The molecule has 0 bridgehead atoms. The molecule has 1 nitrogen and oxygen atoms in total. The Kier molecular flexibility index (Phi) is 5.26. The largest absolute Gasteiger partial charge is 0.306 e. The fourth-order valence-corrected chi connectivity index (χ4v) is 2.40. The zero-order valence-electron chi connectivity index (χ0n) is 11.5. The van der Waals surface area contributed by atoms with Crippen LogP contribution in [0.15, 0.2) is 36.4 Å². The molecule has 0 fully saturated rings. The Morgan fingerprint density at radius 3 is 2.33 bits per heavy atom. The molecule has 0 saturated heterocycles. The number of halogens is 4. The van der Waals surface area contributed by atoms with E-state index in [1.54, 1.807) is 18.2 Å². The minimum absolute atomic E-state index is 0.0609. The summed E-state index contributed by atoms with van der Waals surface area (Å²) in [6, 6.07) is 7.47. The predicted molar refractivity (Wildman–Crippen MR) is 77.9 cm³/mol. The van der Waals surface area contributed by atoms with Gasteiger partial charge in [0.25, 0.3) is 0 Å². The summed E-state index contributed by atoms with van der Waals surface area (Å²) < 4.78 is 40.7. The fraction of sp³-hybridized carbons (Fsp3) is 0.250. The van der Waals surface area contributed by atoms with Gasteiger partial charge >= 0.3 is 0 Å². The van der Waals surface area contributed by atoms with Crippen LogP contribution in [-0.2, 0) is 0 Å². The molecule has 0 spiro atoms. The van der Waals surface area contributed by atoms with Crippen molar-refractivity contribution in [2.24, 2.45) is 0 Å². The zero-order chi connectivity index (χ0) is 15.4. The van der Waals surface area contributed by atoms with Crippen molar-refractivity contribution in [3.05, 3.63) is 70.0 Å². The average molecular weight is 314 g/mol. The van der Waals surface area contributed by atoms with Crippen molar-refractivity contribution < 1.29 is 13.2 Å². The molecule has 1 N–H and O–H groups in total. The van der Waals surface area contributed by atoms with Crippen molar-refractivity contribution in [3.8, 4) is 0 Å². The minimum atomic E-state index is -1.02. The van der Waals surface area contributed by atoms with E-state index in [4.69, 9.17) is 11.6 Å². The van der Waals surface area contributed by atoms with Crippen molar-refractivity contribution in [2.45, 2.75) is 19.4 Å². The Hall–Kier alpha value is -1.52. The summed E-state index contributed by atoms with van der Waals surface area (Å²) in [5.74, 6) is -2.45. The van der Waals surface area contributed by atoms with Crippen molar-refractivity contribution in [2.75, 3.05) is 6.54 Å². The van der Waals surface area contributed by atoms with Crippen molar-refractivity contribution >= 4 is 11.6 Å². The summed E-state index contributed by atoms with van der Waals surface area (Å²) in [5, 5.41) is 3.18. The molecule has 0 radical (unpaired) electrons. The number of nitrogens with one attached hydrogen (secondary N) is 1. The van der Waals surface area contributed by atoms with Crippen LogP contribution in [0.3, 0.4) is 0 Å². The van der Waals surface area contributed by atoms with Gasteiger partial charge in [0.2, 0.25) is 0 Å². The highest BCUT2D eigenvalue weighted by molar-refractivity contribution is 6.31. The van der Waals surface area contributed by atoms with Crippen LogP contribution in [0.5, 0.6) is 0 Å². The quantitative estimate of drug-likeness (QED) is 0.778. The van der Waals surface area contributed by atoms with Gasteiger partial charge in [0.15, 0.2) is 11.6 Å². The van der Waals surface area contributed by atoms with Crippen LogP contribution >= 0.6 is 11.6 Å². The van der Waals surface area contributed by atoms with E-state index in [1.807, 2.05) is 6.92 Å². The summed E-state index contributed by atoms with van der Waals surface area (Å²) in [7, 11) is 0. The molecule has 1 unspecified atom stereocenters. The van der Waals surface area contributed by atoms with Gasteiger partial charge in [-0.2, -0.15) is 0 Å². The first-order valence-corrected chi connectivity index (χ1v) is 7.04. The highest BCUT2D eigenvalue weighted by Crippen LogP contribution is 2.31. The van der Waals surface area contributed by atoms with Gasteiger partial charge in [0, 0.05) is 10.6 Å². The number of hydrogen-bond donors (Lipinski definition) is 1. The van der Waals surface area contributed by atoms with Crippen LogP contribution in [0.2, 0.25) is 5.02 Å². The molecule has 5 heteroatoms. The maximum Gasteiger partial charge on any atom is 0.160 e. The molecule has 2 aromatic carbocycles. The summed E-state index contributed by atoms with van der Waals surface area (Å²) >= 11 is 6.01. The van der Waals surface area contributed by atoms with E-state index in [-0.39, 0.29) is 5.02 Å². The maximum atomic E-state index is 14.0. The van der Waals surface area contributed by atoms with Gasteiger partial charge in [-0.05, 0) is 36.7 Å². The topological polar surface area (TPSA) is 12.0 Å². The van der Waals surface area contributed by atoms with Crippen LogP contribution < -0.4 is 5.32 Å². The second kappa shape index (κ2) is 6.96. The molecule has 0 aliphatic carbocycles. The lowest BCUT2D eigenvalue weighted by atomic mass is 9.97. The molecular formula is C16H15ClF3N. The Morgan fingerprint density at radius 2 is 1.67 bits per heavy atom. The highest BCUT2D eigenvalue weighted by Gasteiger charge is 2.21. The molecule has 0 amide bonds. The SMILES string of the molecule is CCCNC(c1ccccc1F)c1cc(F)c(F)cc1Cl. The van der Waals surface area contributed by atoms with Crippen LogP contribution in [-0.4, -0.2) is 6.54 Å². The molecular weight excluding hydrogens is 299 g/mol. The molecule has 0 aromatic heterocycles. The van der Waals surface area contributed by atoms with E-state index in [9.17, 15) is 13.2 Å². The minimum Gasteiger partial charge on any atom is -0.306 e. The van der Waals surface area contributed by atoms with Crippen molar-refractivity contribution in [1.82, 2.24) is 5.32 Å². The van der Waals surface area contributed by atoms with E-state index < -0.39 is 23.5 Å². The number of hydrogen-bond acceptors (Lipinski definition) is 1. The Bertz CT molecular complexity index is 631. The molecule has 21 heavy (non-hydrogen) atoms. The van der Waals surface area contributed by atoms with Crippen LogP contribution in [0, 0.1) is 17.5 Å². The summed E-state index contributed by atoms with van der Waals surface area (Å²) in [4.78, 5) is 0. The van der Waals surface area contributed by atoms with Gasteiger partial charge in [-0.1, -0.05) is 36.7 Å². The second-order valence-corrected chi connectivity index (χ2v) is 5.10. The molecule has 0 aliphatic heterocycles. The lowest BCUT2D eigenvalue weighted by Crippen LogP contribution is -2.24. The maximum absolute atomic E-state index is 14.0. The first-order chi connectivity index (χ1) is 10.0. The van der Waals surface area contributed by atoms with Crippen molar-refractivity contribution in [1.29, 1.82) is 0 Å². The smallest absolute Gasteiger partial charge is 0.160 e. The summed E-state index contributed by atoms with van der Waals surface area (Å²) in [6.07, 6.45) is 0.812. The third kappa shape index (κ3) is 3.57. The number of rotatable bonds is 5. The molecule has 1 atom stereocenters. The molecule has 112 valence electrons.